The summed E-state index contributed by atoms with van der Waals surface area (Å²) in [5, 5.41) is 19.0. The summed E-state index contributed by atoms with van der Waals surface area (Å²) in [6.07, 6.45) is 1.83. The molecule has 8 heteroatoms. The monoisotopic (exact) mass is 281 g/mol. The lowest BCUT2D eigenvalue weighted by Crippen LogP contribution is -2.31. The Morgan fingerprint density at radius 3 is 3.00 bits per heavy atom. The maximum atomic E-state index is 11.9. The second kappa shape index (κ2) is 4.65. The molecule has 0 spiro atoms. The van der Waals surface area contributed by atoms with Crippen LogP contribution in [0.3, 0.4) is 0 Å². The number of fused-ring (bicyclic) bond motifs is 1. The van der Waals surface area contributed by atoms with E-state index >= 15 is 0 Å². The number of aryl methyl sites for hydroxylation is 2. The van der Waals surface area contributed by atoms with Gasteiger partial charge in [-0.3, -0.25) is 9.36 Å². The average Bonchev–Trinajstić information content (AvgIpc) is 2.95. The summed E-state index contributed by atoms with van der Waals surface area (Å²) in [6.45, 7) is -0.233. The fourth-order valence-corrected chi connectivity index (χ4v) is 2.69. The van der Waals surface area contributed by atoms with Gasteiger partial charge >= 0.3 is 5.56 Å². The summed E-state index contributed by atoms with van der Waals surface area (Å²) < 4.78 is 10.9. The van der Waals surface area contributed by atoms with Gasteiger partial charge in [-0.2, -0.15) is 9.55 Å². The molecular weight excluding hydrogens is 264 g/mol. The molecule has 0 aromatic carbocycles. The van der Waals surface area contributed by atoms with Gasteiger partial charge in [0.1, 0.15) is 12.4 Å². The second-order valence-corrected chi connectivity index (χ2v) is 5.08. The lowest BCUT2D eigenvalue weighted by Gasteiger charge is -2.10. The number of hydrogen-bond acceptors (Lipinski definition) is 5. The molecule has 8 nitrogen and oxygen atoms in total. The minimum Gasteiger partial charge on any atom is -0.394 e. The predicted octanol–water partition coefficient (Wildman–Crippen LogP) is -1.80. The predicted molar refractivity (Wildman–Crippen MR) is 67.8 cm³/mol. The highest BCUT2D eigenvalue weighted by molar-refractivity contribution is 5.65. The number of ether oxygens (including phenoxy) is 1. The van der Waals surface area contributed by atoms with Gasteiger partial charge in [-0.1, -0.05) is 0 Å². The SMILES string of the molecule is Cn1cnc(=O)c2c1n([C@H]1C[C@H](O)[C@@H](CO)O1)c[n+]2C. The molecule has 3 heterocycles. The fourth-order valence-electron chi connectivity index (χ4n) is 2.69. The van der Waals surface area contributed by atoms with Crippen molar-refractivity contribution in [2.24, 2.45) is 14.1 Å². The molecule has 3 rings (SSSR count). The van der Waals surface area contributed by atoms with Gasteiger partial charge in [0, 0.05) is 13.5 Å². The first-order chi connectivity index (χ1) is 9.52. The van der Waals surface area contributed by atoms with Gasteiger partial charge in [-0.15, -0.1) is 0 Å². The minimum absolute atomic E-state index is 0.233. The Balaban J connectivity index is 2.14. The van der Waals surface area contributed by atoms with Gasteiger partial charge in [0.05, 0.1) is 19.8 Å². The molecular formula is C12H17N4O4+. The van der Waals surface area contributed by atoms with Crippen molar-refractivity contribution in [2.75, 3.05) is 6.61 Å². The lowest BCUT2D eigenvalue weighted by atomic mass is 10.2. The number of aliphatic hydroxyl groups excluding tert-OH is 2. The van der Waals surface area contributed by atoms with Crippen LogP contribution in [0.15, 0.2) is 17.4 Å². The molecule has 3 atom stereocenters. The van der Waals surface area contributed by atoms with E-state index in [9.17, 15) is 9.90 Å². The first-order valence-electron chi connectivity index (χ1n) is 6.39. The number of nitrogens with zero attached hydrogens (tertiary/aromatic N) is 4. The van der Waals surface area contributed by atoms with Crippen LogP contribution >= 0.6 is 0 Å². The molecule has 108 valence electrons. The summed E-state index contributed by atoms with van der Waals surface area (Å²) in [5.74, 6) is 0. The van der Waals surface area contributed by atoms with Crippen molar-refractivity contribution >= 4 is 11.2 Å². The van der Waals surface area contributed by atoms with Crippen LogP contribution in [0.4, 0.5) is 0 Å². The third kappa shape index (κ3) is 1.84. The third-order valence-corrected chi connectivity index (χ3v) is 3.69. The summed E-state index contributed by atoms with van der Waals surface area (Å²) >= 11 is 0. The number of imidazole rings is 1. The molecule has 0 bridgehead atoms. The zero-order chi connectivity index (χ0) is 14.4. The Kier molecular flexibility index (Phi) is 3.08. The van der Waals surface area contributed by atoms with Crippen LogP contribution in [-0.2, 0) is 18.8 Å². The van der Waals surface area contributed by atoms with E-state index < -0.39 is 18.4 Å². The molecule has 1 saturated heterocycles. The van der Waals surface area contributed by atoms with E-state index in [4.69, 9.17) is 9.84 Å². The minimum atomic E-state index is -0.716. The molecule has 0 saturated carbocycles. The fraction of sp³-hybridized carbons (Fsp3) is 0.583. The van der Waals surface area contributed by atoms with Crippen LogP contribution < -0.4 is 10.1 Å². The van der Waals surface area contributed by atoms with Gasteiger partial charge < -0.3 is 14.9 Å². The topological polar surface area (TPSA) is 93.4 Å². The molecule has 0 unspecified atom stereocenters. The Labute approximate surface area is 114 Å². The molecule has 2 aromatic rings. The Morgan fingerprint density at radius 1 is 1.60 bits per heavy atom. The normalized spacial score (nSPS) is 26.5. The zero-order valence-electron chi connectivity index (χ0n) is 11.3. The smallest absolute Gasteiger partial charge is 0.324 e. The van der Waals surface area contributed by atoms with E-state index in [1.165, 1.54) is 6.33 Å². The lowest BCUT2D eigenvalue weighted by molar-refractivity contribution is -0.646. The molecule has 2 N–H and O–H groups in total. The van der Waals surface area contributed by atoms with E-state index in [0.29, 0.717) is 17.6 Å². The van der Waals surface area contributed by atoms with E-state index in [-0.39, 0.29) is 12.2 Å². The van der Waals surface area contributed by atoms with Crippen LogP contribution in [0.5, 0.6) is 0 Å². The standard InChI is InChI=1S/C12H17N4O4/c1-14-5-13-11(19)10-12(14)16(6-15(10)2)9-3-7(18)8(4-17)20-9/h5-9,17-18H,3-4H2,1-2H3/q+1/t7-,8+,9+/m0/s1. The molecule has 0 radical (unpaired) electrons. The number of hydrogen-bond donors (Lipinski definition) is 2. The first-order valence-corrected chi connectivity index (χ1v) is 6.39. The summed E-state index contributed by atoms with van der Waals surface area (Å²) in [4.78, 5) is 15.7. The molecule has 20 heavy (non-hydrogen) atoms. The van der Waals surface area contributed by atoms with E-state index in [2.05, 4.69) is 4.98 Å². The maximum absolute atomic E-state index is 11.9. The Hall–Kier alpha value is -1.77. The van der Waals surface area contributed by atoms with Crippen molar-refractivity contribution < 1.29 is 19.5 Å². The number of aliphatic hydroxyl groups is 2. The molecule has 1 aliphatic rings. The molecule has 0 aliphatic carbocycles. The number of aromatic nitrogens is 4. The molecule has 1 aliphatic heterocycles. The summed E-state index contributed by atoms with van der Waals surface area (Å²) in [7, 11) is 3.55. The summed E-state index contributed by atoms with van der Waals surface area (Å²) in [5.41, 5.74) is 0.834. The Bertz CT molecular complexity index is 707. The zero-order valence-corrected chi connectivity index (χ0v) is 11.3. The van der Waals surface area contributed by atoms with Crippen molar-refractivity contribution in [3.05, 3.63) is 23.0 Å². The average molecular weight is 281 g/mol. The maximum Gasteiger partial charge on any atom is 0.324 e. The van der Waals surface area contributed by atoms with E-state index in [1.54, 1.807) is 34.1 Å². The van der Waals surface area contributed by atoms with Gasteiger partial charge in [0.15, 0.2) is 0 Å². The number of rotatable bonds is 2. The van der Waals surface area contributed by atoms with Crippen molar-refractivity contribution in [3.63, 3.8) is 0 Å². The molecule has 0 amide bonds. The summed E-state index contributed by atoms with van der Waals surface area (Å²) in [6, 6.07) is 0. The van der Waals surface area contributed by atoms with Gasteiger partial charge in [0.2, 0.25) is 12.6 Å². The van der Waals surface area contributed by atoms with Crippen LogP contribution in [-0.4, -0.2) is 43.1 Å². The highest BCUT2D eigenvalue weighted by Gasteiger charge is 2.39. The van der Waals surface area contributed by atoms with Crippen molar-refractivity contribution in [3.8, 4) is 0 Å². The molecule has 1 fully saturated rings. The second-order valence-electron chi connectivity index (χ2n) is 5.08. The van der Waals surface area contributed by atoms with E-state index in [1.807, 2.05) is 0 Å². The third-order valence-electron chi connectivity index (χ3n) is 3.69. The highest BCUT2D eigenvalue weighted by Crippen LogP contribution is 2.29. The van der Waals surface area contributed by atoms with Crippen LogP contribution in [0, 0.1) is 0 Å². The largest absolute Gasteiger partial charge is 0.394 e. The first kappa shape index (κ1) is 13.2. The molecule has 2 aromatic heterocycles. The van der Waals surface area contributed by atoms with Gasteiger partial charge in [0.25, 0.3) is 11.2 Å². The quantitative estimate of drug-likeness (QED) is 0.634. The van der Waals surface area contributed by atoms with Crippen molar-refractivity contribution in [1.82, 2.24) is 14.1 Å². The van der Waals surface area contributed by atoms with Crippen LogP contribution in [0.25, 0.3) is 11.2 Å². The Morgan fingerprint density at radius 2 is 2.35 bits per heavy atom. The highest BCUT2D eigenvalue weighted by atomic mass is 16.5. The van der Waals surface area contributed by atoms with Crippen LogP contribution in [0.2, 0.25) is 0 Å². The van der Waals surface area contributed by atoms with Gasteiger partial charge in [-0.25, -0.2) is 4.57 Å². The van der Waals surface area contributed by atoms with Crippen molar-refractivity contribution in [1.29, 1.82) is 0 Å². The van der Waals surface area contributed by atoms with Crippen LogP contribution in [0.1, 0.15) is 12.6 Å². The van der Waals surface area contributed by atoms with E-state index in [0.717, 1.165) is 0 Å². The van der Waals surface area contributed by atoms with Gasteiger partial charge in [-0.05, 0) is 0 Å². The van der Waals surface area contributed by atoms with Crippen molar-refractivity contribution in [2.45, 2.75) is 24.9 Å².